The first-order valence-corrected chi connectivity index (χ1v) is 15.0. The molecular weight excluding hydrogens is 334 g/mol. The SMILES string of the molecule is CCCCCCCCCCCCCCCCCCNC(CC)[Si](C)(C)O. The first kappa shape index (κ1) is 26.1. The van der Waals surface area contributed by atoms with Crippen molar-refractivity contribution in [2.24, 2.45) is 0 Å². The van der Waals surface area contributed by atoms with Crippen LogP contribution in [-0.4, -0.2) is 25.3 Å². The molecule has 0 fully saturated rings. The molecule has 0 amide bonds. The van der Waals surface area contributed by atoms with Crippen molar-refractivity contribution in [2.45, 2.75) is 142 Å². The summed E-state index contributed by atoms with van der Waals surface area (Å²) in [5, 5.41) is 3.57. The van der Waals surface area contributed by atoms with E-state index in [0.717, 1.165) is 13.0 Å². The maximum Gasteiger partial charge on any atom is 0.199 e. The zero-order chi connectivity index (χ0) is 19.5. The highest BCUT2D eigenvalue weighted by Crippen LogP contribution is 2.14. The highest BCUT2D eigenvalue weighted by Gasteiger charge is 2.27. The van der Waals surface area contributed by atoms with Crippen LogP contribution in [-0.2, 0) is 0 Å². The van der Waals surface area contributed by atoms with E-state index < -0.39 is 8.32 Å². The van der Waals surface area contributed by atoms with Gasteiger partial charge in [0.15, 0.2) is 8.32 Å². The van der Waals surface area contributed by atoms with Crippen LogP contribution in [0.2, 0.25) is 13.1 Å². The van der Waals surface area contributed by atoms with Gasteiger partial charge in [-0.25, -0.2) is 0 Å². The molecule has 3 heteroatoms. The molecule has 0 aromatic heterocycles. The van der Waals surface area contributed by atoms with Crippen molar-refractivity contribution in [1.82, 2.24) is 5.32 Å². The smallest absolute Gasteiger partial charge is 0.199 e. The third-order valence-corrected chi connectivity index (χ3v) is 8.00. The Morgan fingerprint density at radius 2 is 0.962 bits per heavy atom. The lowest BCUT2D eigenvalue weighted by Gasteiger charge is -2.27. The van der Waals surface area contributed by atoms with Crippen LogP contribution in [0.4, 0.5) is 0 Å². The molecule has 0 rings (SSSR count). The molecule has 0 aliphatic carbocycles. The van der Waals surface area contributed by atoms with Gasteiger partial charge in [-0.2, -0.15) is 0 Å². The molecule has 0 radical (unpaired) electrons. The van der Waals surface area contributed by atoms with Gasteiger partial charge in [-0.05, 0) is 32.5 Å². The van der Waals surface area contributed by atoms with Crippen molar-refractivity contribution < 1.29 is 4.80 Å². The molecule has 158 valence electrons. The van der Waals surface area contributed by atoms with Gasteiger partial charge in [0.25, 0.3) is 0 Å². The van der Waals surface area contributed by atoms with Gasteiger partial charge in [-0.15, -0.1) is 0 Å². The molecule has 0 saturated carbocycles. The summed E-state index contributed by atoms with van der Waals surface area (Å²) in [5.74, 6) is 0. The first-order valence-electron chi connectivity index (χ1n) is 12.0. The zero-order valence-corrected chi connectivity index (χ0v) is 19.8. The summed E-state index contributed by atoms with van der Waals surface area (Å²) in [6, 6.07) is 0. The summed E-state index contributed by atoms with van der Waals surface area (Å²) < 4.78 is 0. The molecular formula is C23H51NOSi. The lowest BCUT2D eigenvalue weighted by Crippen LogP contribution is -2.50. The number of hydrogen-bond donors (Lipinski definition) is 2. The van der Waals surface area contributed by atoms with Crippen molar-refractivity contribution in [2.75, 3.05) is 6.54 Å². The highest BCUT2D eigenvalue weighted by atomic mass is 28.4. The van der Waals surface area contributed by atoms with Gasteiger partial charge in [-0.3, -0.25) is 0 Å². The first-order chi connectivity index (χ1) is 12.5. The molecule has 1 unspecified atom stereocenters. The van der Waals surface area contributed by atoms with Crippen LogP contribution in [0.1, 0.15) is 123 Å². The Balaban J connectivity index is 3.18. The average molecular weight is 386 g/mol. The molecule has 0 bridgehead atoms. The van der Waals surface area contributed by atoms with Crippen molar-refractivity contribution in [1.29, 1.82) is 0 Å². The summed E-state index contributed by atoms with van der Waals surface area (Å²) in [5.41, 5.74) is 0.360. The number of rotatable bonds is 20. The Morgan fingerprint density at radius 1 is 0.615 bits per heavy atom. The van der Waals surface area contributed by atoms with Crippen LogP contribution < -0.4 is 5.32 Å². The third kappa shape index (κ3) is 17.5. The van der Waals surface area contributed by atoms with E-state index in [9.17, 15) is 4.80 Å². The fourth-order valence-electron chi connectivity index (χ4n) is 3.84. The van der Waals surface area contributed by atoms with E-state index in [1.165, 1.54) is 103 Å². The van der Waals surface area contributed by atoms with E-state index in [1.54, 1.807) is 0 Å². The Kier molecular flexibility index (Phi) is 18.6. The van der Waals surface area contributed by atoms with Crippen LogP contribution in [0, 0.1) is 0 Å². The largest absolute Gasteiger partial charge is 0.431 e. The third-order valence-electron chi connectivity index (χ3n) is 5.68. The molecule has 1 atom stereocenters. The van der Waals surface area contributed by atoms with Crippen LogP contribution in [0.3, 0.4) is 0 Å². The van der Waals surface area contributed by atoms with Crippen molar-refractivity contribution in [3.63, 3.8) is 0 Å². The van der Waals surface area contributed by atoms with Gasteiger partial charge in [0.1, 0.15) is 0 Å². The van der Waals surface area contributed by atoms with Gasteiger partial charge < -0.3 is 10.1 Å². The minimum atomic E-state index is -2.01. The Bertz CT molecular complexity index is 278. The topological polar surface area (TPSA) is 32.3 Å². The molecule has 26 heavy (non-hydrogen) atoms. The van der Waals surface area contributed by atoms with E-state index in [2.05, 4.69) is 19.2 Å². The minimum absolute atomic E-state index is 0.360. The van der Waals surface area contributed by atoms with Crippen molar-refractivity contribution in [3.05, 3.63) is 0 Å². The average Bonchev–Trinajstić information content (AvgIpc) is 2.59. The van der Waals surface area contributed by atoms with E-state index in [0.29, 0.717) is 5.67 Å². The fraction of sp³-hybridized carbons (Fsp3) is 1.00. The van der Waals surface area contributed by atoms with E-state index in [1.807, 2.05) is 13.1 Å². The standard InChI is InChI=1S/C23H51NOSi/c1-5-7-8-9-10-11-12-13-14-15-16-17-18-19-20-21-22-24-23(6-2)26(3,4)25/h23-25H,5-22H2,1-4H3. The van der Waals surface area contributed by atoms with Gasteiger partial charge in [-0.1, -0.05) is 110 Å². The number of nitrogens with one attached hydrogen (secondary N) is 1. The predicted molar refractivity (Wildman–Crippen MR) is 121 cm³/mol. The lowest BCUT2D eigenvalue weighted by atomic mass is 10.0. The molecule has 0 aromatic rings. The van der Waals surface area contributed by atoms with Gasteiger partial charge in [0, 0.05) is 5.67 Å². The molecule has 0 spiro atoms. The van der Waals surface area contributed by atoms with E-state index in [4.69, 9.17) is 0 Å². The second-order valence-electron chi connectivity index (χ2n) is 8.87. The Labute approximate surface area is 167 Å². The Hall–Kier alpha value is 0.137. The van der Waals surface area contributed by atoms with E-state index in [-0.39, 0.29) is 0 Å². The summed E-state index contributed by atoms with van der Waals surface area (Å²) in [7, 11) is -2.01. The second-order valence-corrected chi connectivity index (χ2v) is 12.9. The molecule has 0 aliphatic heterocycles. The zero-order valence-electron chi connectivity index (χ0n) is 18.8. The number of hydrogen-bond acceptors (Lipinski definition) is 2. The summed E-state index contributed by atoms with van der Waals surface area (Å²) in [4.78, 5) is 10.2. The molecule has 0 aromatic carbocycles. The van der Waals surface area contributed by atoms with Crippen LogP contribution in [0.5, 0.6) is 0 Å². The van der Waals surface area contributed by atoms with E-state index >= 15 is 0 Å². The van der Waals surface area contributed by atoms with Crippen molar-refractivity contribution >= 4 is 8.32 Å². The van der Waals surface area contributed by atoms with Crippen LogP contribution in [0.15, 0.2) is 0 Å². The summed E-state index contributed by atoms with van der Waals surface area (Å²) >= 11 is 0. The predicted octanol–water partition coefficient (Wildman–Crippen LogP) is 7.35. The molecule has 0 aliphatic rings. The van der Waals surface area contributed by atoms with Crippen molar-refractivity contribution in [3.8, 4) is 0 Å². The highest BCUT2D eigenvalue weighted by molar-refractivity contribution is 6.71. The Morgan fingerprint density at radius 3 is 1.27 bits per heavy atom. The monoisotopic (exact) mass is 385 g/mol. The van der Waals surface area contributed by atoms with Gasteiger partial charge in [0.05, 0.1) is 0 Å². The number of unbranched alkanes of at least 4 members (excludes halogenated alkanes) is 15. The minimum Gasteiger partial charge on any atom is -0.431 e. The molecule has 2 nitrogen and oxygen atoms in total. The van der Waals surface area contributed by atoms with Gasteiger partial charge >= 0.3 is 0 Å². The molecule has 2 N–H and O–H groups in total. The lowest BCUT2D eigenvalue weighted by molar-refractivity contribution is 0.469. The van der Waals surface area contributed by atoms with Crippen LogP contribution in [0.25, 0.3) is 0 Å². The second kappa shape index (κ2) is 18.5. The molecule has 0 heterocycles. The summed E-state index contributed by atoms with van der Waals surface area (Å²) in [6.07, 6.45) is 23.8. The fourth-order valence-corrected chi connectivity index (χ4v) is 5.49. The van der Waals surface area contributed by atoms with Crippen LogP contribution >= 0.6 is 0 Å². The maximum atomic E-state index is 10.2. The molecule has 0 saturated heterocycles. The quantitative estimate of drug-likeness (QED) is 0.169. The normalized spacial score (nSPS) is 13.3. The summed E-state index contributed by atoms with van der Waals surface area (Å²) in [6.45, 7) is 9.63. The maximum absolute atomic E-state index is 10.2. The van der Waals surface area contributed by atoms with Gasteiger partial charge in [0.2, 0.25) is 0 Å².